The molecule has 0 bridgehead atoms. The van der Waals surface area contributed by atoms with E-state index in [-0.39, 0.29) is 12.3 Å². The summed E-state index contributed by atoms with van der Waals surface area (Å²) < 4.78 is 0. The van der Waals surface area contributed by atoms with Crippen LogP contribution in [0.5, 0.6) is 0 Å². The maximum absolute atomic E-state index is 11.8. The third-order valence-corrected chi connectivity index (χ3v) is 2.92. The third-order valence-electron chi connectivity index (χ3n) is 2.92. The summed E-state index contributed by atoms with van der Waals surface area (Å²) in [5.41, 5.74) is 5.71. The lowest BCUT2D eigenvalue weighted by molar-refractivity contribution is -0.138. The predicted molar refractivity (Wildman–Crippen MR) is 71.1 cm³/mol. The third kappa shape index (κ3) is 6.91. The fourth-order valence-corrected chi connectivity index (χ4v) is 1.84. The van der Waals surface area contributed by atoms with E-state index >= 15 is 0 Å². The molecule has 3 atom stereocenters. The molecule has 0 rings (SSSR count). The molecule has 19 heavy (non-hydrogen) atoms. The molecule has 0 aromatic carbocycles. The highest BCUT2D eigenvalue weighted by Gasteiger charge is 2.26. The molecule has 0 aromatic rings. The molecule has 0 aliphatic heterocycles. The fraction of sp³-hybridized carbons (Fsp3) is 0.769. The first kappa shape index (κ1) is 17.6. The van der Waals surface area contributed by atoms with Crippen LogP contribution < -0.4 is 11.1 Å². The largest absolute Gasteiger partial charge is 0.481 e. The van der Waals surface area contributed by atoms with E-state index in [1.54, 1.807) is 13.2 Å². The van der Waals surface area contributed by atoms with E-state index < -0.39 is 29.9 Å². The summed E-state index contributed by atoms with van der Waals surface area (Å²) in [6, 6.07) is -1.62. The number of nitrogens with one attached hydrogen (secondary N) is 1. The second-order valence-electron chi connectivity index (χ2n) is 5.11. The van der Waals surface area contributed by atoms with Crippen LogP contribution in [0.15, 0.2) is 0 Å². The molecule has 4 N–H and O–H groups in total. The molecular formula is C13H23N2O4. The van der Waals surface area contributed by atoms with Crippen molar-refractivity contribution in [2.45, 2.75) is 52.1 Å². The SMILES string of the molecule is CCC(CC(=O)O)[C@@H]([C]=O)NC(=O)[C@@H](N)CC(C)C. The number of nitrogens with two attached hydrogens (primary N) is 1. The zero-order chi connectivity index (χ0) is 15.0. The van der Waals surface area contributed by atoms with Crippen molar-refractivity contribution >= 4 is 18.2 Å². The lowest BCUT2D eigenvalue weighted by Gasteiger charge is -2.22. The Bertz CT molecular complexity index is 318. The van der Waals surface area contributed by atoms with E-state index in [4.69, 9.17) is 10.8 Å². The van der Waals surface area contributed by atoms with Gasteiger partial charge in [-0.2, -0.15) is 0 Å². The number of rotatable bonds is 9. The molecule has 0 aliphatic carbocycles. The number of carbonyl (C=O) groups excluding carboxylic acids is 2. The van der Waals surface area contributed by atoms with Gasteiger partial charge in [0.2, 0.25) is 12.2 Å². The summed E-state index contributed by atoms with van der Waals surface area (Å²) in [7, 11) is 0. The molecule has 6 heteroatoms. The van der Waals surface area contributed by atoms with Gasteiger partial charge in [-0.05, 0) is 18.3 Å². The molecule has 0 aliphatic rings. The van der Waals surface area contributed by atoms with Crippen LogP contribution >= 0.6 is 0 Å². The molecule has 109 valence electrons. The van der Waals surface area contributed by atoms with E-state index in [1.165, 1.54) is 0 Å². The average molecular weight is 271 g/mol. The lowest BCUT2D eigenvalue weighted by atomic mass is 9.93. The molecule has 6 nitrogen and oxygen atoms in total. The fourth-order valence-electron chi connectivity index (χ4n) is 1.84. The van der Waals surface area contributed by atoms with Gasteiger partial charge in [-0.25, -0.2) is 0 Å². The van der Waals surface area contributed by atoms with Gasteiger partial charge in [-0.15, -0.1) is 0 Å². The van der Waals surface area contributed by atoms with Crippen LogP contribution in [0.2, 0.25) is 0 Å². The standard InChI is InChI=1S/C13H23N2O4/c1-4-9(6-12(17)18)11(7-16)15-13(19)10(14)5-8(2)3/h8-11H,4-6,14H2,1-3H3,(H,15,19)(H,17,18)/t9?,10-,11+/m0/s1. The second kappa shape index (κ2) is 8.63. The molecular weight excluding hydrogens is 248 g/mol. The summed E-state index contributed by atoms with van der Waals surface area (Å²) in [4.78, 5) is 33.4. The smallest absolute Gasteiger partial charge is 0.303 e. The highest BCUT2D eigenvalue weighted by molar-refractivity contribution is 5.84. The number of hydrogen-bond donors (Lipinski definition) is 3. The van der Waals surface area contributed by atoms with Gasteiger partial charge in [0.1, 0.15) is 0 Å². The average Bonchev–Trinajstić information content (AvgIpc) is 2.31. The van der Waals surface area contributed by atoms with E-state index in [0.29, 0.717) is 12.8 Å². The van der Waals surface area contributed by atoms with Gasteiger partial charge >= 0.3 is 5.97 Å². The molecule has 0 spiro atoms. The Kier molecular flexibility index (Phi) is 7.98. The second-order valence-corrected chi connectivity index (χ2v) is 5.11. The van der Waals surface area contributed by atoms with E-state index in [0.717, 1.165) is 0 Å². The van der Waals surface area contributed by atoms with Crippen LogP contribution in [0, 0.1) is 11.8 Å². The number of amides is 1. The molecule has 1 amide bonds. The number of carboxylic acids is 1. The van der Waals surface area contributed by atoms with Gasteiger partial charge in [0.05, 0.1) is 18.5 Å². The Morgan fingerprint density at radius 2 is 1.95 bits per heavy atom. The van der Waals surface area contributed by atoms with Gasteiger partial charge < -0.3 is 16.2 Å². The predicted octanol–water partition coefficient (Wildman–Crippen LogP) is 0.455. The van der Waals surface area contributed by atoms with Crippen LogP contribution in [-0.4, -0.2) is 35.4 Å². The molecule has 1 unspecified atom stereocenters. The molecule has 1 radical (unpaired) electrons. The van der Waals surface area contributed by atoms with Crippen molar-refractivity contribution in [3.05, 3.63) is 0 Å². The Labute approximate surface area is 113 Å². The van der Waals surface area contributed by atoms with Gasteiger partial charge in [-0.1, -0.05) is 27.2 Å². The quantitative estimate of drug-likeness (QED) is 0.564. The molecule has 0 aromatic heterocycles. The highest BCUT2D eigenvalue weighted by Crippen LogP contribution is 2.13. The zero-order valence-corrected chi connectivity index (χ0v) is 11.7. The zero-order valence-electron chi connectivity index (χ0n) is 11.7. The van der Waals surface area contributed by atoms with Crippen molar-refractivity contribution in [2.75, 3.05) is 0 Å². The van der Waals surface area contributed by atoms with Crippen molar-refractivity contribution in [2.24, 2.45) is 17.6 Å². The first-order valence-electron chi connectivity index (χ1n) is 6.47. The maximum Gasteiger partial charge on any atom is 0.303 e. The molecule has 0 fully saturated rings. The Balaban J connectivity index is 4.56. The topological polar surface area (TPSA) is 109 Å². The first-order chi connectivity index (χ1) is 8.81. The molecule has 0 heterocycles. The minimum atomic E-state index is -1.01. The van der Waals surface area contributed by atoms with E-state index in [2.05, 4.69) is 5.32 Å². The summed E-state index contributed by atoms with van der Waals surface area (Å²) in [5, 5.41) is 11.2. The highest BCUT2D eigenvalue weighted by atomic mass is 16.4. The summed E-state index contributed by atoms with van der Waals surface area (Å²) in [5.74, 6) is -1.65. The Hall–Kier alpha value is -1.43. The van der Waals surface area contributed by atoms with E-state index in [9.17, 15) is 14.4 Å². The first-order valence-corrected chi connectivity index (χ1v) is 6.47. The van der Waals surface area contributed by atoms with Crippen molar-refractivity contribution < 1.29 is 19.5 Å². The van der Waals surface area contributed by atoms with Crippen LogP contribution in [0.1, 0.15) is 40.0 Å². The summed E-state index contributed by atoms with van der Waals surface area (Å²) >= 11 is 0. The number of hydrogen-bond acceptors (Lipinski definition) is 4. The van der Waals surface area contributed by atoms with Crippen LogP contribution in [-0.2, 0) is 14.4 Å². The maximum atomic E-state index is 11.8. The van der Waals surface area contributed by atoms with Crippen molar-refractivity contribution in [1.82, 2.24) is 5.32 Å². The minimum absolute atomic E-state index is 0.184. The Morgan fingerprint density at radius 1 is 1.37 bits per heavy atom. The van der Waals surface area contributed by atoms with Gasteiger partial charge in [-0.3, -0.25) is 14.4 Å². The molecule has 0 saturated heterocycles. The normalized spacial score (nSPS) is 15.6. The summed E-state index contributed by atoms with van der Waals surface area (Å²) in [6.45, 7) is 5.64. The Morgan fingerprint density at radius 3 is 2.32 bits per heavy atom. The van der Waals surface area contributed by atoms with Crippen LogP contribution in [0.4, 0.5) is 0 Å². The van der Waals surface area contributed by atoms with Crippen molar-refractivity contribution in [3.8, 4) is 0 Å². The van der Waals surface area contributed by atoms with Crippen LogP contribution in [0.25, 0.3) is 0 Å². The van der Waals surface area contributed by atoms with Crippen molar-refractivity contribution in [1.29, 1.82) is 0 Å². The van der Waals surface area contributed by atoms with Gasteiger partial charge in [0.15, 0.2) is 0 Å². The number of aliphatic carboxylic acids is 1. The van der Waals surface area contributed by atoms with Crippen molar-refractivity contribution in [3.63, 3.8) is 0 Å². The molecule has 0 saturated carbocycles. The minimum Gasteiger partial charge on any atom is -0.481 e. The van der Waals surface area contributed by atoms with Crippen LogP contribution in [0.3, 0.4) is 0 Å². The monoisotopic (exact) mass is 271 g/mol. The lowest BCUT2D eigenvalue weighted by Crippen LogP contribution is -2.49. The number of carboxylic acid groups (broad SMARTS) is 1. The van der Waals surface area contributed by atoms with Gasteiger partial charge in [0.25, 0.3) is 0 Å². The van der Waals surface area contributed by atoms with E-state index in [1.807, 2.05) is 13.8 Å². The summed E-state index contributed by atoms with van der Waals surface area (Å²) in [6.07, 6.45) is 2.48. The number of carbonyl (C=O) groups is 2. The van der Waals surface area contributed by atoms with Gasteiger partial charge in [0, 0.05) is 0 Å².